The van der Waals surface area contributed by atoms with Crippen molar-refractivity contribution in [1.82, 2.24) is 9.88 Å². The maximum Gasteiger partial charge on any atom is 0.252 e. The lowest BCUT2D eigenvalue weighted by molar-refractivity contribution is 0.0951. The van der Waals surface area contributed by atoms with E-state index >= 15 is 0 Å². The molecule has 0 unspecified atom stereocenters. The average Bonchev–Trinajstić information content (AvgIpc) is 2.83. The topological polar surface area (TPSA) is 34.0 Å². The van der Waals surface area contributed by atoms with Gasteiger partial charge in [-0.15, -0.1) is 0 Å². The molecule has 3 rings (SSSR count). The van der Waals surface area contributed by atoms with Crippen molar-refractivity contribution in [2.45, 2.75) is 13.5 Å². The summed E-state index contributed by atoms with van der Waals surface area (Å²) in [5.74, 6) is -0.0541. The second-order valence-corrected chi connectivity index (χ2v) is 6.09. The van der Waals surface area contributed by atoms with Gasteiger partial charge in [-0.05, 0) is 52.5 Å². The van der Waals surface area contributed by atoms with Crippen molar-refractivity contribution in [3.63, 3.8) is 0 Å². The molecular formula is C18H17BrN2O. The van der Waals surface area contributed by atoms with Gasteiger partial charge in [0.1, 0.15) is 0 Å². The first-order chi connectivity index (χ1) is 10.7. The first-order valence-electron chi connectivity index (χ1n) is 7.24. The molecule has 1 amide bonds. The summed E-state index contributed by atoms with van der Waals surface area (Å²) >= 11 is 3.41. The van der Waals surface area contributed by atoms with Crippen molar-refractivity contribution in [2.75, 3.05) is 6.54 Å². The van der Waals surface area contributed by atoms with Gasteiger partial charge in [-0.2, -0.15) is 0 Å². The van der Waals surface area contributed by atoms with Crippen molar-refractivity contribution in [2.24, 2.45) is 0 Å². The largest absolute Gasteiger partial charge is 0.350 e. The molecule has 0 spiro atoms. The van der Waals surface area contributed by atoms with Gasteiger partial charge in [0.25, 0.3) is 5.91 Å². The SMILES string of the molecule is Cc1cc2ccccc2n1CCNC(=O)c1ccccc1Br. The highest BCUT2D eigenvalue weighted by molar-refractivity contribution is 9.10. The van der Waals surface area contributed by atoms with Crippen molar-refractivity contribution in [1.29, 1.82) is 0 Å². The van der Waals surface area contributed by atoms with Crippen molar-refractivity contribution in [3.05, 3.63) is 70.3 Å². The van der Waals surface area contributed by atoms with Crippen LogP contribution >= 0.6 is 15.9 Å². The minimum atomic E-state index is -0.0541. The van der Waals surface area contributed by atoms with Gasteiger partial charge in [-0.3, -0.25) is 4.79 Å². The lowest BCUT2D eigenvalue weighted by Crippen LogP contribution is -2.27. The minimum Gasteiger partial charge on any atom is -0.350 e. The fraction of sp³-hybridized carbons (Fsp3) is 0.167. The molecule has 1 N–H and O–H groups in total. The van der Waals surface area contributed by atoms with Gasteiger partial charge in [0.2, 0.25) is 0 Å². The van der Waals surface area contributed by atoms with E-state index in [1.807, 2.05) is 36.4 Å². The Kier molecular flexibility index (Phi) is 4.29. The molecule has 0 bridgehead atoms. The molecule has 1 heterocycles. The van der Waals surface area contributed by atoms with E-state index in [0.717, 1.165) is 11.0 Å². The number of para-hydroxylation sites is 1. The molecule has 1 aromatic heterocycles. The summed E-state index contributed by atoms with van der Waals surface area (Å²) < 4.78 is 3.05. The zero-order valence-electron chi connectivity index (χ0n) is 12.3. The van der Waals surface area contributed by atoms with E-state index < -0.39 is 0 Å². The van der Waals surface area contributed by atoms with Crippen LogP contribution in [-0.2, 0) is 6.54 Å². The molecular weight excluding hydrogens is 340 g/mol. The summed E-state index contributed by atoms with van der Waals surface area (Å²) in [5.41, 5.74) is 3.07. The van der Waals surface area contributed by atoms with Gasteiger partial charge < -0.3 is 9.88 Å². The predicted molar refractivity (Wildman–Crippen MR) is 93.2 cm³/mol. The number of aromatic nitrogens is 1. The summed E-state index contributed by atoms with van der Waals surface area (Å²) in [4.78, 5) is 12.2. The molecule has 0 saturated heterocycles. The molecule has 112 valence electrons. The standard InChI is InChI=1S/C18H17BrN2O/c1-13-12-14-6-2-5-9-17(14)21(13)11-10-20-18(22)15-7-3-4-8-16(15)19/h2-9,12H,10-11H2,1H3,(H,20,22). The number of halogens is 1. The number of hydrogen-bond donors (Lipinski definition) is 1. The van der Waals surface area contributed by atoms with Crippen LogP contribution in [0.25, 0.3) is 10.9 Å². The second kappa shape index (κ2) is 6.36. The lowest BCUT2D eigenvalue weighted by Gasteiger charge is -2.10. The van der Waals surface area contributed by atoms with Crippen molar-refractivity contribution in [3.8, 4) is 0 Å². The smallest absolute Gasteiger partial charge is 0.252 e. The Hall–Kier alpha value is -2.07. The Bertz CT molecular complexity index is 823. The van der Waals surface area contributed by atoms with E-state index in [-0.39, 0.29) is 5.91 Å². The fourth-order valence-corrected chi connectivity index (χ4v) is 3.13. The van der Waals surface area contributed by atoms with Crippen LogP contribution in [0.1, 0.15) is 16.1 Å². The van der Waals surface area contributed by atoms with E-state index in [0.29, 0.717) is 12.1 Å². The third-order valence-corrected chi connectivity index (χ3v) is 4.45. The molecule has 0 aliphatic heterocycles. The second-order valence-electron chi connectivity index (χ2n) is 5.23. The number of hydrogen-bond acceptors (Lipinski definition) is 1. The molecule has 0 fully saturated rings. The van der Waals surface area contributed by atoms with Crippen LogP contribution in [0.15, 0.2) is 59.1 Å². The number of fused-ring (bicyclic) bond motifs is 1. The molecule has 0 aliphatic rings. The molecule has 3 nitrogen and oxygen atoms in total. The van der Waals surface area contributed by atoms with E-state index in [4.69, 9.17) is 0 Å². The van der Waals surface area contributed by atoms with Gasteiger partial charge in [0.15, 0.2) is 0 Å². The summed E-state index contributed by atoms with van der Waals surface area (Å²) in [6.07, 6.45) is 0. The maximum absolute atomic E-state index is 12.2. The van der Waals surface area contributed by atoms with E-state index in [1.54, 1.807) is 0 Å². The van der Waals surface area contributed by atoms with Crippen LogP contribution in [0.4, 0.5) is 0 Å². The minimum absolute atomic E-state index is 0.0541. The summed E-state index contributed by atoms with van der Waals surface area (Å²) in [5, 5.41) is 4.21. The summed E-state index contributed by atoms with van der Waals surface area (Å²) in [7, 11) is 0. The molecule has 0 saturated carbocycles. The van der Waals surface area contributed by atoms with Crippen LogP contribution in [0.3, 0.4) is 0 Å². The Morgan fingerprint density at radius 3 is 2.68 bits per heavy atom. The number of amides is 1. The number of carbonyl (C=O) groups excluding carboxylic acids is 1. The number of nitrogens with zero attached hydrogens (tertiary/aromatic N) is 1. The highest BCUT2D eigenvalue weighted by Crippen LogP contribution is 2.19. The predicted octanol–water partition coefficient (Wildman–Crippen LogP) is 4.14. The van der Waals surface area contributed by atoms with Gasteiger partial charge in [0.05, 0.1) is 5.56 Å². The summed E-state index contributed by atoms with van der Waals surface area (Å²) in [6.45, 7) is 3.45. The number of carbonyl (C=O) groups is 1. The Balaban J connectivity index is 1.69. The zero-order valence-corrected chi connectivity index (χ0v) is 13.9. The fourth-order valence-electron chi connectivity index (χ4n) is 2.67. The van der Waals surface area contributed by atoms with Crippen LogP contribution in [0, 0.1) is 6.92 Å². The van der Waals surface area contributed by atoms with Crippen LogP contribution in [-0.4, -0.2) is 17.0 Å². The first-order valence-corrected chi connectivity index (χ1v) is 8.04. The van der Waals surface area contributed by atoms with Gasteiger partial charge in [0, 0.05) is 28.8 Å². The van der Waals surface area contributed by atoms with Crippen LogP contribution in [0.2, 0.25) is 0 Å². The highest BCUT2D eigenvalue weighted by Gasteiger charge is 2.09. The molecule has 0 aliphatic carbocycles. The van der Waals surface area contributed by atoms with E-state index in [1.165, 1.54) is 16.6 Å². The maximum atomic E-state index is 12.2. The van der Waals surface area contributed by atoms with Gasteiger partial charge in [-0.1, -0.05) is 30.3 Å². The molecule has 0 radical (unpaired) electrons. The third-order valence-electron chi connectivity index (χ3n) is 3.76. The molecule has 4 heteroatoms. The zero-order chi connectivity index (χ0) is 15.5. The molecule has 3 aromatic rings. The van der Waals surface area contributed by atoms with Crippen molar-refractivity contribution >= 4 is 32.7 Å². The number of benzene rings is 2. The monoisotopic (exact) mass is 356 g/mol. The quantitative estimate of drug-likeness (QED) is 0.748. The van der Waals surface area contributed by atoms with Crippen LogP contribution in [0.5, 0.6) is 0 Å². The van der Waals surface area contributed by atoms with Crippen LogP contribution < -0.4 is 5.32 Å². The summed E-state index contributed by atoms with van der Waals surface area (Å²) in [6, 6.07) is 17.9. The normalized spacial score (nSPS) is 10.8. The number of aryl methyl sites for hydroxylation is 1. The first kappa shape index (κ1) is 14.9. The third kappa shape index (κ3) is 2.92. The number of rotatable bonds is 4. The molecule has 0 atom stereocenters. The Labute approximate surface area is 138 Å². The number of nitrogens with one attached hydrogen (secondary N) is 1. The van der Waals surface area contributed by atoms with Crippen molar-refractivity contribution < 1.29 is 4.79 Å². The Morgan fingerprint density at radius 2 is 1.86 bits per heavy atom. The molecule has 22 heavy (non-hydrogen) atoms. The highest BCUT2D eigenvalue weighted by atomic mass is 79.9. The Morgan fingerprint density at radius 1 is 1.14 bits per heavy atom. The van der Waals surface area contributed by atoms with Gasteiger partial charge in [-0.25, -0.2) is 0 Å². The molecule has 2 aromatic carbocycles. The van der Waals surface area contributed by atoms with E-state index in [9.17, 15) is 4.79 Å². The lowest BCUT2D eigenvalue weighted by atomic mass is 10.2. The average molecular weight is 357 g/mol. The van der Waals surface area contributed by atoms with Gasteiger partial charge >= 0.3 is 0 Å². The van der Waals surface area contributed by atoms with E-state index in [2.05, 4.69) is 50.9 Å².